The summed E-state index contributed by atoms with van der Waals surface area (Å²) in [5.74, 6) is 4.56. The maximum Gasteiger partial charge on any atom is 0.354 e. The lowest BCUT2D eigenvalue weighted by molar-refractivity contribution is 0.0688. The van der Waals surface area contributed by atoms with Crippen LogP contribution in [0.2, 0.25) is 0 Å². The molecule has 0 aliphatic heterocycles. The monoisotopic (exact) mass is 176 g/mol. The number of nitrogen functional groups attached to an aromatic ring is 1. The average Bonchev–Trinajstić information content (AvgIpc) is 2.45. The van der Waals surface area contributed by atoms with Gasteiger partial charge < -0.3 is 10.9 Å². The van der Waals surface area contributed by atoms with Crippen molar-refractivity contribution < 1.29 is 9.90 Å². The second-order valence-electron chi connectivity index (χ2n) is 2.76. The number of aromatic carboxylic acids is 1. The fraction of sp³-hybridized carbons (Fsp3) is 0. The van der Waals surface area contributed by atoms with E-state index in [1.165, 1.54) is 4.68 Å². The van der Waals surface area contributed by atoms with Crippen molar-refractivity contribution in [2.45, 2.75) is 0 Å². The number of nitrogens with two attached hydrogens (primary N) is 1. The molecule has 0 unspecified atom stereocenters. The Labute approximate surface area is 74.2 Å². The normalized spacial score (nSPS) is 10.5. The number of nitrogens with zero attached hydrogens (tertiary/aromatic N) is 1. The van der Waals surface area contributed by atoms with Gasteiger partial charge in [-0.3, -0.25) is 4.68 Å². The van der Waals surface area contributed by atoms with Gasteiger partial charge in [0.25, 0.3) is 0 Å². The van der Waals surface area contributed by atoms with Gasteiger partial charge in [0.15, 0.2) is 0 Å². The summed E-state index contributed by atoms with van der Waals surface area (Å²) in [6.45, 7) is 0. The number of fused-ring (bicyclic) bond motifs is 1. The smallest absolute Gasteiger partial charge is 0.354 e. The molecule has 2 aromatic rings. The van der Waals surface area contributed by atoms with Crippen molar-refractivity contribution in [3.05, 3.63) is 36.0 Å². The van der Waals surface area contributed by atoms with Crippen molar-refractivity contribution in [2.24, 2.45) is 0 Å². The lowest BCUT2D eigenvalue weighted by atomic mass is 10.2. The molecule has 0 spiro atoms. The summed E-state index contributed by atoms with van der Waals surface area (Å²) in [7, 11) is 0. The van der Waals surface area contributed by atoms with Crippen LogP contribution in [0.5, 0.6) is 0 Å². The second kappa shape index (κ2) is 2.52. The Hall–Kier alpha value is -1.97. The number of para-hydroxylation sites is 1. The van der Waals surface area contributed by atoms with Gasteiger partial charge in [-0.15, -0.1) is 0 Å². The minimum atomic E-state index is -1.02. The molecule has 0 fully saturated rings. The number of hydrogen-bond acceptors (Lipinski definition) is 2. The number of benzene rings is 1. The van der Waals surface area contributed by atoms with E-state index in [0.717, 1.165) is 10.9 Å². The van der Waals surface area contributed by atoms with Crippen molar-refractivity contribution in [1.82, 2.24) is 4.68 Å². The van der Waals surface area contributed by atoms with Crippen LogP contribution in [-0.4, -0.2) is 15.8 Å². The van der Waals surface area contributed by atoms with E-state index in [1.54, 1.807) is 12.1 Å². The van der Waals surface area contributed by atoms with Crippen LogP contribution in [0.25, 0.3) is 10.9 Å². The van der Waals surface area contributed by atoms with Crippen LogP contribution in [-0.2, 0) is 0 Å². The van der Waals surface area contributed by atoms with Gasteiger partial charge in [0.05, 0.1) is 5.52 Å². The van der Waals surface area contributed by atoms with Crippen molar-refractivity contribution in [1.29, 1.82) is 0 Å². The van der Waals surface area contributed by atoms with E-state index < -0.39 is 5.97 Å². The number of rotatable bonds is 1. The molecule has 1 aromatic heterocycles. The molecule has 0 bridgehead atoms. The van der Waals surface area contributed by atoms with Crippen molar-refractivity contribution >= 4 is 16.9 Å². The molecule has 0 aliphatic carbocycles. The van der Waals surface area contributed by atoms with Crippen LogP contribution in [0.1, 0.15) is 10.5 Å². The Morgan fingerprint density at radius 3 is 2.69 bits per heavy atom. The summed E-state index contributed by atoms with van der Waals surface area (Å²) in [6, 6.07) is 8.82. The van der Waals surface area contributed by atoms with Gasteiger partial charge in [-0.25, -0.2) is 4.79 Å². The van der Waals surface area contributed by atoms with E-state index in [9.17, 15) is 4.79 Å². The molecule has 0 radical (unpaired) electrons. The number of hydrogen-bond donors (Lipinski definition) is 2. The first kappa shape index (κ1) is 7.67. The molecule has 4 nitrogen and oxygen atoms in total. The largest absolute Gasteiger partial charge is 0.477 e. The fourth-order valence-electron chi connectivity index (χ4n) is 1.34. The third-order valence-electron chi connectivity index (χ3n) is 1.97. The second-order valence-corrected chi connectivity index (χ2v) is 2.76. The number of carboxylic acids is 1. The quantitative estimate of drug-likeness (QED) is 0.638. The first-order valence-corrected chi connectivity index (χ1v) is 3.79. The highest BCUT2D eigenvalue weighted by Gasteiger charge is 2.11. The lowest BCUT2D eigenvalue weighted by Gasteiger charge is -1.97. The molecule has 3 N–H and O–H groups in total. The zero-order valence-electron chi connectivity index (χ0n) is 6.77. The van der Waals surface area contributed by atoms with Crippen LogP contribution in [0.4, 0.5) is 0 Å². The van der Waals surface area contributed by atoms with Crippen molar-refractivity contribution in [2.75, 3.05) is 5.84 Å². The van der Waals surface area contributed by atoms with Crippen LogP contribution in [0.3, 0.4) is 0 Å². The molecule has 1 aromatic carbocycles. The molecule has 0 amide bonds. The summed E-state index contributed by atoms with van der Waals surface area (Å²) >= 11 is 0. The molecule has 0 saturated carbocycles. The van der Waals surface area contributed by atoms with Crippen molar-refractivity contribution in [3.63, 3.8) is 0 Å². The van der Waals surface area contributed by atoms with Gasteiger partial charge in [-0.2, -0.15) is 0 Å². The Kier molecular flexibility index (Phi) is 1.48. The van der Waals surface area contributed by atoms with Crippen LogP contribution in [0.15, 0.2) is 30.3 Å². The van der Waals surface area contributed by atoms with E-state index in [2.05, 4.69) is 0 Å². The van der Waals surface area contributed by atoms with E-state index in [-0.39, 0.29) is 5.69 Å². The maximum absolute atomic E-state index is 10.7. The third kappa shape index (κ3) is 1.03. The van der Waals surface area contributed by atoms with Crippen LogP contribution >= 0.6 is 0 Å². The first-order chi connectivity index (χ1) is 6.20. The highest BCUT2D eigenvalue weighted by molar-refractivity contribution is 5.94. The molecule has 0 atom stereocenters. The van der Waals surface area contributed by atoms with E-state index in [4.69, 9.17) is 10.9 Å². The van der Waals surface area contributed by atoms with Gasteiger partial charge in [0.1, 0.15) is 5.69 Å². The van der Waals surface area contributed by atoms with E-state index in [0.29, 0.717) is 0 Å². The predicted molar refractivity (Wildman–Crippen MR) is 49.0 cm³/mol. The summed E-state index contributed by atoms with van der Waals surface area (Å²) in [5, 5.41) is 9.60. The van der Waals surface area contributed by atoms with Crippen LogP contribution < -0.4 is 5.84 Å². The molecule has 13 heavy (non-hydrogen) atoms. The summed E-state index contributed by atoms with van der Waals surface area (Å²) in [4.78, 5) is 10.7. The average molecular weight is 176 g/mol. The number of aromatic nitrogens is 1. The summed E-state index contributed by atoms with van der Waals surface area (Å²) in [6.07, 6.45) is 0. The first-order valence-electron chi connectivity index (χ1n) is 3.79. The highest BCUT2D eigenvalue weighted by atomic mass is 16.4. The Morgan fingerprint density at radius 1 is 1.38 bits per heavy atom. The zero-order valence-corrected chi connectivity index (χ0v) is 6.77. The van der Waals surface area contributed by atoms with Gasteiger partial charge in [-0.05, 0) is 12.1 Å². The summed E-state index contributed by atoms with van der Waals surface area (Å²) < 4.78 is 1.18. The molecule has 66 valence electrons. The molecule has 0 saturated heterocycles. The number of carbonyl (C=O) groups is 1. The highest BCUT2D eigenvalue weighted by Crippen LogP contribution is 2.16. The zero-order chi connectivity index (χ0) is 9.42. The van der Waals surface area contributed by atoms with Crippen LogP contribution in [0, 0.1) is 0 Å². The number of carboxylic acid groups (broad SMARTS) is 1. The SMILES string of the molecule is Nn1c(C(=O)O)cc2ccccc21. The Morgan fingerprint density at radius 2 is 2.08 bits per heavy atom. The Balaban J connectivity index is 2.81. The van der Waals surface area contributed by atoms with E-state index >= 15 is 0 Å². The van der Waals surface area contributed by atoms with Gasteiger partial charge in [0, 0.05) is 5.39 Å². The molecule has 2 rings (SSSR count). The molecular weight excluding hydrogens is 168 g/mol. The maximum atomic E-state index is 10.7. The van der Waals surface area contributed by atoms with Gasteiger partial charge >= 0.3 is 5.97 Å². The third-order valence-corrected chi connectivity index (χ3v) is 1.97. The van der Waals surface area contributed by atoms with Gasteiger partial charge in [0.2, 0.25) is 0 Å². The fourth-order valence-corrected chi connectivity index (χ4v) is 1.34. The minimum Gasteiger partial charge on any atom is -0.477 e. The molecular formula is C9H8N2O2. The molecule has 4 heteroatoms. The lowest BCUT2D eigenvalue weighted by Crippen LogP contribution is -2.15. The molecule has 1 heterocycles. The standard InChI is InChI=1S/C9H8N2O2/c10-11-7-4-2-1-3-6(7)5-8(11)9(12)13/h1-5H,10H2,(H,12,13). The predicted octanol–water partition coefficient (Wildman–Crippen LogP) is 1.05. The van der Waals surface area contributed by atoms with Crippen molar-refractivity contribution in [3.8, 4) is 0 Å². The minimum absolute atomic E-state index is 0.0983. The topological polar surface area (TPSA) is 68.2 Å². The van der Waals surface area contributed by atoms with E-state index in [1.807, 2.05) is 18.2 Å². The Bertz CT molecular complexity index is 473. The van der Waals surface area contributed by atoms with Gasteiger partial charge in [-0.1, -0.05) is 18.2 Å². The summed E-state index contributed by atoms with van der Waals surface area (Å²) in [5.41, 5.74) is 0.820. The molecule has 0 aliphatic rings.